The van der Waals surface area contributed by atoms with Crippen molar-refractivity contribution in [1.29, 1.82) is 0 Å². The number of phenolic OH excluding ortho intramolecular Hbond substituents is 4. The van der Waals surface area contributed by atoms with Crippen molar-refractivity contribution in [3.8, 4) is 23.0 Å². The molecule has 0 amide bonds. The molecule has 0 aliphatic rings. The summed E-state index contributed by atoms with van der Waals surface area (Å²) in [5, 5.41) is 34.7. The van der Waals surface area contributed by atoms with Gasteiger partial charge in [0.25, 0.3) is 0 Å². The Morgan fingerprint density at radius 2 is 0.750 bits per heavy atom. The summed E-state index contributed by atoms with van der Waals surface area (Å²) in [4.78, 5) is 0. The Bertz CT molecular complexity index is 232. The lowest BCUT2D eigenvalue weighted by Gasteiger charge is -2.06. The van der Waals surface area contributed by atoms with E-state index in [1.807, 2.05) is 0 Å². The van der Waals surface area contributed by atoms with Crippen molar-refractivity contribution in [2.75, 3.05) is 0 Å². The molecule has 0 saturated heterocycles. The number of rotatable bonds is 0. The molecule has 0 spiro atoms. The van der Waals surface area contributed by atoms with Crippen LogP contribution in [0.3, 0.4) is 0 Å². The number of halogens is 2. The van der Waals surface area contributed by atoms with Crippen molar-refractivity contribution in [3.05, 3.63) is 10.0 Å². The van der Waals surface area contributed by atoms with Crippen LogP contribution in [0.1, 0.15) is 0 Å². The Morgan fingerprint density at radius 3 is 0.917 bits per heavy atom. The largest absolute Gasteiger partial charge is 0.503 e. The Kier molecular flexibility index (Phi) is 2.12. The van der Waals surface area contributed by atoms with Crippen LogP contribution >= 0.6 is 23.2 Å². The minimum Gasteiger partial charge on any atom is -0.503 e. The molecule has 0 aliphatic heterocycles. The molecule has 0 saturated carbocycles. The van der Waals surface area contributed by atoms with Gasteiger partial charge in [0.05, 0.1) is 0 Å². The lowest BCUT2D eigenvalue weighted by Crippen LogP contribution is -1.77. The second kappa shape index (κ2) is 2.80. The Balaban J connectivity index is 3.60. The fraction of sp³-hybridized carbons (Fsp3) is 0. The molecule has 0 aliphatic carbocycles. The topological polar surface area (TPSA) is 80.9 Å². The van der Waals surface area contributed by atoms with Crippen molar-refractivity contribution in [2.24, 2.45) is 0 Å². The predicted molar refractivity (Wildman–Crippen MR) is 43.1 cm³/mol. The van der Waals surface area contributed by atoms with Gasteiger partial charge < -0.3 is 20.4 Å². The van der Waals surface area contributed by atoms with E-state index in [1.165, 1.54) is 0 Å². The van der Waals surface area contributed by atoms with E-state index in [1.54, 1.807) is 0 Å². The molecule has 4 nitrogen and oxygen atoms in total. The second-order valence-electron chi connectivity index (χ2n) is 2.02. The lowest BCUT2D eigenvalue weighted by molar-refractivity contribution is 0.373. The van der Waals surface area contributed by atoms with Gasteiger partial charge >= 0.3 is 0 Å². The maximum atomic E-state index is 8.95. The molecule has 1 rings (SSSR count). The molecule has 1 aromatic carbocycles. The van der Waals surface area contributed by atoms with Gasteiger partial charge in [0.1, 0.15) is 10.0 Å². The Hall–Kier alpha value is -1.00. The van der Waals surface area contributed by atoms with Crippen LogP contribution in [-0.2, 0) is 0 Å². The molecule has 0 radical (unpaired) electrons. The average Bonchev–Trinajstić information content (AvgIpc) is 2.08. The van der Waals surface area contributed by atoms with Gasteiger partial charge in [-0.3, -0.25) is 0 Å². The number of phenols is 4. The molecule has 0 atom stereocenters. The normalized spacial score (nSPS) is 10.2. The van der Waals surface area contributed by atoms with Gasteiger partial charge in [0, 0.05) is 0 Å². The molecular weight excluding hydrogens is 207 g/mol. The van der Waals surface area contributed by atoms with Crippen LogP contribution in [0.2, 0.25) is 10.0 Å². The smallest absolute Gasteiger partial charge is 0.182 e. The second-order valence-corrected chi connectivity index (χ2v) is 2.78. The summed E-state index contributed by atoms with van der Waals surface area (Å²) >= 11 is 10.6. The number of hydrogen-bond acceptors (Lipinski definition) is 4. The molecule has 12 heavy (non-hydrogen) atoms. The van der Waals surface area contributed by atoms with E-state index in [4.69, 9.17) is 43.6 Å². The molecule has 0 fully saturated rings. The van der Waals surface area contributed by atoms with Gasteiger partial charge in [-0.1, -0.05) is 23.2 Å². The van der Waals surface area contributed by atoms with E-state index in [0.717, 1.165) is 0 Å². The Morgan fingerprint density at radius 1 is 0.583 bits per heavy atom. The van der Waals surface area contributed by atoms with Crippen molar-refractivity contribution in [1.82, 2.24) is 0 Å². The van der Waals surface area contributed by atoms with Crippen LogP contribution in [0.25, 0.3) is 0 Å². The summed E-state index contributed by atoms with van der Waals surface area (Å²) < 4.78 is 0. The summed E-state index contributed by atoms with van der Waals surface area (Å²) in [7, 11) is 0. The molecule has 0 unspecified atom stereocenters. The number of hydrogen-bond donors (Lipinski definition) is 4. The van der Waals surface area contributed by atoms with E-state index in [9.17, 15) is 0 Å². The monoisotopic (exact) mass is 210 g/mol. The fourth-order valence-corrected chi connectivity index (χ4v) is 0.998. The molecule has 1 aromatic rings. The summed E-state index contributed by atoms with van der Waals surface area (Å²) in [5.74, 6) is -3.07. The van der Waals surface area contributed by atoms with Crippen molar-refractivity contribution < 1.29 is 20.4 Å². The standard InChI is InChI=1S/C6H4Cl2O4/c7-1-3(9)5(11)2(8)6(12)4(1)10/h9-12H. The first-order chi connectivity index (χ1) is 5.46. The minimum absolute atomic E-state index is 0.547. The molecule has 4 N–H and O–H groups in total. The van der Waals surface area contributed by atoms with Crippen molar-refractivity contribution in [2.45, 2.75) is 0 Å². The first kappa shape index (κ1) is 9.09. The quantitative estimate of drug-likeness (QED) is 0.389. The predicted octanol–water partition coefficient (Wildman–Crippen LogP) is 1.82. The fourth-order valence-electron chi connectivity index (χ4n) is 0.640. The van der Waals surface area contributed by atoms with E-state index in [0.29, 0.717) is 0 Å². The van der Waals surface area contributed by atoms with E-state index in [-0.39, 0.29) is 0 Å². The zero-order chi connectivity index (χ0) is 9.46. The molecule has 66 valence electrons. The van der Waals surface area contributed by atoms with E-state index < -0.39 is 33.0 Å². The first-order valence-electron chi connectivity index (χ1n) is 2.77. The van der Waals surface area contributed by atoms with Crippen LogP contribution in [0.5, 0.6) is 23.0 Å². The maximum Gasteiger partial charge on any atom is 0.182 e. The average molecular weight is 211 g/mol. The van der Waals surface area contributed by atoms with E-state index >= 15 is 0 Å². The zero-order valence-corrected chi connectivity index (χ0v) is 7.06. The van der Waals surface area contributed by atoms with Crippen molar-refractivity contribution >= 4 is 23.2 Å². The van der Waals surface area contributed by atoms with Gasteiger partial charge in [0.15, 0.2) is 23.0 Å². The third-order valence-corrected chi connectivity index (χ3v) is 2.00. The maximum absolute atomic E-state index is 8.95. The van der Waals surface area contributed by atoms with Crippen LogP contribution < -0.4 is 0 Å². The SMILES string of the molecule is Oc1c(O)c(Cl)c(O)c(O)c1Cl. The van der Waals surface area contributed by atoms with Crippen LogP contribution in [0, 0.1) is 0 Å². The molecular formula is C6H4Cl2O4. The Labute approximate surface area is 77.2 Å². The molecule has 0 aromatic heterocycles. The van der Waals surface area contributed by atoms with Gasteiger partial charge in [-0.15, -0.1) is 0 Å². The van der Waals surface area contributed by atoms with Gasteiger partial charge in [-0.2, -0.15) is 0 Å². The number of aromatic hydroxyl groups is 4. The third-order valence-electron chi connectivity index (χ3n) is 1.28. The zero-order valence-electron chi connectivity index (χ0n) is 5.54. The highest BCUT2D eigenvalue weighted by Gasteiger charge is 2.20. The molecule has 0 heterocycles. The summed E-state index contributed by atoms with van der Waals surface area (Å²) in [6, 6.07) is 0. The van der Waals surface area contributed by atoms with Crippen molar-refractivity contribution in [3.63, 3.8) is 0 Å². The van der Waals surface area contributed by atoms with Gasteiger partial charge in [-0.25, -0.2) is 0 Å². The minimum atomic E-state index is -0.767. The van der Waals surface area contributed by atoms with Crippen LogP contribution in [-0.4, -0.2) is 20.4 Å². The molecule has 6 heteroatoms. The van der Waals surface area contributed by atoms with E-state index in [2.05, 4.69) is 0 Å². The highest BCUT2D eigenvalue weighted by atomic mass is 35.5. The first-order valence-corrected chi connectivity index (χ1v) is 3.53. The van der Waals surface area contributed by atoms with Crippen LogP contribution in [0.4, 0.5) is 0 Å². The summed E-state index contributed by atoms with van der Waals surface area (Å²) in [5.41, 5.74) is 0. The number of benzene rings is 1. The van der Waals surface area contributed by atoms with Gasteiger partial charge in [0.2, 0.25) is 0 Å². The van der Waals surface area contributed by atoms with Crippen LogP contribution in [0.15, 0.2) is 0 Å². The lowest BCUT2D eigenvalue weighted by atomic mass is 10.2. The highest BCUT2D eigenvalue weighted by Crippen LogP contribution is 2.51. The van der Waals surface area contributed by atoms with Gasteiger partial charge in [-0.05, 0) is 0 Å². The third kappa shape index (κ3) is 1.09. The summed E-state index contributed by atoms with van der Waals surface area (Å²) in [6.45, 7) is 0. The highest BCUT2D eigenvalue weighted by molar-refractivity contribution is 6.38. The summed E-state index contributed by atoms with van der Waals surface area (Å²) in [6.07, 6.45) is 0. The molecule has 0 bridgehead atoms.